The average Bonchev–Trinajstić information content (AvgIpc) is 2.35. The number of methoxy groups -OCH3 is 1. The number of hydrogen-bond acceptors (Lipinski definition) is 4. The standard InChI is InChI=1S/C12H18N2O3/c1-9(16-2)12(15)14-7-8-17-11-6-4-3-5-10(11)13/h3-6,9H,7-8,13H2,1-2H3,(H,14,15). The SMILES string of the molecule is COC(C)C(=O)NCCOc1ccccc1N. The van der Waals surface area contributed by atoms with Crippen LogP contribution >= 0.6 is 0 Å². The largest absolute Gasteiger partial charge is 0.490 e. The van der Waals surface area contributed by atoms with Gasteiger partial charge < -0.3 is 20.5 Å². The second-order valence-corrected chi connectivity index (χ2v) is 3.56. The quantitative estimate of drug-likeness (QED) is 0.568. The average molecular weight is 238 g/mol. The predicted molar refractivity (Wildman–Crippen MR) is 65.8 cm³/mol. The lowest BCUT2D eigenvalue weighted by molar-refractivity contribution is -0.130. The van der Waals surface area contributed by atoms with E-state index in [9.17, 15) is 4.79 Å². The predicted octanol–water partition coefficient (Wildman–Crippen LogP) is 0.799. The van der Waals surface area contributed by atoms with Crippen molar-refractivity contribution in [1.29, 1.82) is 0 Å². The Morgan fingerprint density at radius 2 is 2.18 bits per heavy atom. The highest BCUT2D eigenvalue weighted by atomic mass is 16.5. The van der Waals surface area contributed by atoms with Crippen LogP contribution in [0.15, 0.2) is 24.3 Å². The molecule has 94 valence electrons. The number of nitrogens with one attached hydrogen (secondary N) is 1. The Morgan fingerprint density at radius 3 is 2.82 bits per heavy atom. The molecule has 0 spiro atoms. The van der Waals surface area contributed by atoms with E-state index < -0.39 is 6.10 Å². The number of nitrogens with two attached hydrogens (primary N) is 1. The van der Waals surface area contributed by atoms with E-state index in [-0.39, 0.29) is 5.91 Å². The zero-order valence-corrected chi connectivity index (χ0v) is 10.1. The van der Waals surface area contributed by atoms with Gasteiger partial charge in [-0.15, -0.1) is 0 Å². The lowest BCUT2D eigenvalue weighted by atomic mass is 10.3. The first-order chi connectivity index (χ1) is 8.15. The number of benzene rings is 1. The molecule has 0 bridgehead atoms. The molecule has 1 unspecified atom stereocenters. The number of rotatable bonds is 6. The van der Waals surface area contributed by atoms with Crippen molar-refractivity contribution < 1.29 is 14.3 Å². The van der Waals surface area contributed by atoms with Crippen molar-refractivity contribution in [1.82, 2.24) is 5.32 Å². The van der Waals surface area contributed by atoms with Crippen LogP contribution in [0.2, 0.25) is 0 Å². The fourth-order valence-corrected chi connectivity index (χ4v) is 1.20. The molecule has 1 atom stereocenters. The summed E-state index contributed by atoms with van der Waals surface area (Å²) in [5, 5.41) is 2.69. The minimum absolute atomic E-state index is 0.155. The second kappa shape index (κ2) is 6.75. The molecule has 0 aliphatic carbocycles. The van der Waals surface area contributed by atoms with Crippen molar-refractivity contribution in [3.63, 3.8) is 0 Å². The summed E-state index contributed by atoms with van der Waals surface area (Å²) in [5.74, 6) is 0.471. The van der Waals surface area contributed by atoms with E-state index in [0.29, 0.717) is 24.6 Å². The maximum atomic E-state index is 11.3. The molecule has 0 saturated heterocycles. The van der Waals surface area contributed by atoms with Gasteiger partial charge in [0.05, 0.1) is 12.2 Å². The van der Waals surface area contributed by atoms with Gasteiger partial charge in [0.1, 0.15) is 18.5 Å². The first-order valence-electron chi connectivity index (χ1n) is 5.43. The van der Waals surface area contributed by atoms with Gasteiger partial charge in [0.25, 0.3) is 0 Å². The summed E-state index contributed by atoms with van der Waals surface area (Å²) >= 11 is 0. The van der Waals surface area contributed by atoms with Crippen LogP contribution in [-0.4, -0.2) is 32.3 Å². The van der Waals surface area contributed by atoms with Gasteiger partial charge in [-0.05, 0) is 19.1 Å². The van der Waals surface area contributed by atoms with E-state index >= 15 is 0 Å². The third-order valence-corrected chi connectivity index (χ3v) is 2.30. The number of amides is 1. The Bertz CT molecular complexity index is 369. The molecular formula is C12H18N2O3. The summed E-state index contributed by atoms with van der Waals surface area (Å²) in [5.41, 5.74) is 6.29. The van der Waals surface area contributed by atoms with E-state index in [0.717, 1.165) is 0 Å². The first-order valence-corrected chi connectivity index (χ1v) is 5.43. The van der Waals surface area contributed by atoms with Gasteiger partial charge in [0.2, 0.25) is 5.91 Å². The topological polar surface area (TPSA) is 73.6 Å². The van der Waals surface area contributed by atoms with Gasteiger partial charge in [-0.25, -0.2) is 0 Å². The molecule has 3 N–H and O–H groups in total. The van der Waals surface area contributed by atoms with E-state index in [4.69, 9.17) is 15.2 Å². The lowest BCUT2D eigenvalue weighted by Gasteiger charge is -2.11. The van der Waals surface area contributed by atoms with Gasteiger partial charge in [-0.1, -0.05) is 12.1 Å². The Kier molecular flexibility index (Phi) is 5.29. The molecule has 0 aliphatic heterocycles. The smallest absolute Gasteiger partial charge is 0.248 e. The number of carbonyl (C=O) groups is 1. The van der Waals surface area contributed by atoms with Crippen LogP contribution in [0.1, 0.15) is 6.92 Å². The van der Waals surface area contributed by atoms with Crippen molar-refractivity contribution in [2.24, 2.45) is 0 Å². The molecule has 5 nitrogen and oxygen atoms in total. The number of anilines is 1. The zero-order valence-electron chi connectivity index (χ0n) is 10.1. The van der Waals surface area contributed by atoms with Gasteiger partial charge in [0, 0.05) is 7.11 Å². The maximum Gasteiger partial charge on any atom is 0.248 e. The summed E-state index contributed by atoms with van der Waals surface area (Å²) in [4.78, 5) is 11.3. The summed E-state index contributed by atoms with van der Waals surface area (Å²) in [6.07, 6.45) is -0.447. The van der Waals surface area contributed by atoms with Crippen LogP contribution in [-0.2, 0) is 9.53 Å². The summed E-state index contributed by atoms with van der Waals surface area (Å²) in [7, 11) is 1.49. The van der Waals surface area contributed by atoms with Gasteiger partial charge in [-0.3, -0.25) is 4.79 Å². The molecule has 0 aromatic heterocycles. The molecule has 0 radical (unpaired) electrons. The monoisotopic (exact) mass is 238 g/mol. The first kappa shape index (κ1) is 13.3. The van der Waals surface area contributed by atoms with E-state index in [1.54, 1.807) is 19.1 Å². The Labute approximate surface area is 101 Å². The molecule has 0 heterocycles. The van der Waals surface area contributed by atoms with Crippen molar-refractivity contribution >= 4 is 11.6 Å². The van der Waals surface area contributed by atoms with E-state index in [1.165, 1.54) is 7.11 Å². The number of carbonyl (C=O) groups excluding carboxylic acids is 1. The molecule has 1 amide bonds. The number of nitrogen functional groups attached to an aromatic ring is 1. The van der Waals surface area contributed by atoms with Crippen molar-refractivity contribution in [3.8, 4) is 5.75 Å². The molecule has 0 aliphatic rings. The molecule has 1 aromatic rings. The third kappa shape index (κ3) is 4.32. The molecule has 0 saturated carbocycles. The molecular weight excluding hydrogens is 220 g/mol. The van der Waals surface area contributed by atoms with Gasteiger partial charge in [0.15, 0.2) is 0 Å². The molecule has 1 aromatic carbocycles. The second-order valence-electron chi connectivity index (χ2n) is 3.56. The highest BCUT2D eigenvalue weighted by Crippen LogP contribution is 2.19. The highest BCUT2D eigenvalue weighted by molar-refractivity contribution is 5.80. The van der Waals surface area contributed by atoms with Crippen LogP contribution in [0.4, 0.5) is 5.69 Å². The Balaban J connectivity index is 2.25. The van der Waals surface area contributed by atoms with Crippen LogP contribution in [0.25, 0.3) is 0 Å². The normalized spacial score (nSPS) is 11.9. The van der Waals surface area contributed by atoms with Crippen molar-refractivity contribution in [2.45, 2.75) is 13.0 Å². The van der Waals surface area contributed by atoms with Crippen LogP contribution in [0.5, 0.6) is 5.75 Å². The fraction of sp³-hybridized carbons (Fsp3) is 0.417. The minimum atomic E-state index is -0.447. The molecule has 17 heavy (non-hydrogen) atoms. The minimum Gasteiger partial charge on any atom is -0.490 e. The van der Waals surface area contributed by atoms with E-state index in [2.05, 4.69) is 5.32 Å². The number of hydrogen-bond donors (Lipinski definition) is 2. The van der Waals surface area contributed by atoms with Gasteiger partial charge in [-0.2, -0.15) is 0 Å². The lowest BCUT2D eigenvalue weighted by Crippen LogP contribution is -2.36. The van der Waals surface area contributed by atoms with Crippen molar-refractivity contribution in [3.05, 3.63) is 24.3 Å². The van der Waals surface area contributed by atoms with Crippen LogP contribution < -0.4 is 15.8 Å². The molecule has 1 rings (SSSR count). The Morgan fingerprint density at radius 1 is 1.47 bits per heavy atom. The third-order valence-electron chi connectivity index (χ3n) is 2.30. The summed E-state index contributed by atoms with van der Waals surface area (Å²) in [6, 6.07) is 7.23. The summed E-state index contributed by atoms with van der Waals surface area (Å²) < 4.78 is 10.3. The molecule has 5 heteroatoms. The van der Waals surface area contributed by atoms with E-state index in [1.807, 2.05) is 12.1 Å². The number of para-hydroxylation sites is 2. The molecule has 0 fully saturated rings. The Hall–Kier alpha value is -1.75. The zero-order chi connectivity index (χ0) is 12.7. The number of ether oxygens (including phenoxy) is 2. The summed E-state index contributed by atoms with van der Waals surface area (Å²) in [6.45, 7) is 2.47. The van der Waals surface area contributed by atoms with Crippen molar-refractivity contribution in [2.75, 3.05) is 26.0 Å². The highest BCUT2D eigenvalue weighted by Gasteiger charge is 2.09. The fourth-order valence-electron chi connectivity index (χ4n) is 1.20. The van der Waals surface area contributed by atoms with Crippen LogP contribution in [0, 0.1) is 0 Å². The van der Waals surface area contributed by atoms with Crippen LogP contribution in [0.3, 0.4) is 0 Å². The maximum absolute atomic E-state index is 11.3. The van der Waals surface area contributed by atoms with Gasteiger partial charge >= 0.3 is 0 Å².